The summed E-state index contributed by atoms with van der Waals surface area (Å²) in [7, 11) is 0. The summed E-state index contributed by atoms with van der Waals surface area (Å²) in [4.78, 5) is 23.6. The van der Waals surface area contributed by atoms with Crippen molar-refractivity contribution in [3.05, 3.63) is 0 Å². The zero-order chi connectivity index (χ0) is 28.3. The lowest BCUT2D eigenvalue weighted by molar-refractivity contribution is -0.136. The van der Waals surface area contributed by atoms with Gasteiger partial charge in [0.25, 0.3) is 5.91 Å². The highest BCUT2D eigenvalue weighted by Gasteiger charge is 2.24. The Morgan fingerprint density at radius 1 is 0.811 bits per heavy atom. The Kier molecular flexibility index (Phi) is 18.6. The summed E-state index contributed by atoms with van der Waals surface area (Å²) < 4.78 is 0. The number of aliphatic hydroxyl groups is 2. The van der Waals surface area contributed by atoms with E-state index in [4.69, 9.17) is 10.8 Å². The van der Waals surface area contributed by atoms with Gasteiger partial charge in [-0.15, -0.1) is 0 Å². The molecule has 0 rings (SSSR count). The van der Waals surface area contributed by atoms with Gasteiger partial charge in [0.2, 0.25) is 5.91 Å². The van der Waals surface area contributed by atoms with Crippen molar-refractivity contribution in [2.45, 2.75) is 116 Å². The first-order valence-corrected chi connectivity index (χ1v) is 13.7. The number of carbonyl (C=O) groups is 2. The average molecular weight is 528 g/mol. The van der Waals surface area contributed by atoms with Gasteiger partial charge in [0.05, 0.1) is 17.8 Å². The first-order chi connectivity index (χ1) is 17.4. The zero-order valence-electron chi connectivity index (χ0n) is 23.6. The van der Waals surface area contributed by atoms with Crippen LogP contribution in [0.15, 0.2) is 0 Å². The first-order valence-electron chi connectivity index (χ1n) is 13.7. The van der Waals surface area contributed by atoms with Gasteiger partial charge in [-0.2, -0.15) is 0 Å². The molecule has 0 aromatic rings. The van der Waals surface area contributed by atoms with Crippen LogP contribution in [0.2, 0.25) is 0 Å². The highest BCUT2D eigenvalue weighted by Crippen LogP contribution is 2.07. The maximum Gasteiger partial charge on any atom is 0.251 e. The second-order valence-electron chi connectivity index (χ2n) is 10.5. The van der Waals surface area contributed by atoms with Crippen LogP contribution in [0.3, 0.4) is 0 Å². The van der Waals surface area contributed by atoms with Crippen molar-refractivity contribution in [1.82, 2.24) is 26.6 Å². The molecule has 0 aromatic carbocycles. The number of amides is 2. The van der Waals surface area contributed by atoms with Crippen molar-refractivity contribution in [1.29, 1.82) is 10.8 Å². The van der Waals surface area contributed by atoms with Crippen LogP contribution in [-0.4, -0.2) is 83.7 Å². The predicted molar refractivity (Wildman–Crippen MR) is 149 cm³/mol. The van der Waals surface area contributed by atoms with Gasteiger partial charge in [0.15, 0.2) is 6.10 Å². The van der Waals surface area contributed by atoms with Gasteiger partial charge in [-0.25, -0.2) is 0 Å². The van der Waals surface area contributed by atoms with E-state index >= 15 is 0 Å². The van der Waals surface area contributed by atoms with Crippen LogP contribution in [0.25, 0.3) is 0 Å². The van der Waals surface area contributed by atoms with Gasteiger partial charge >= 0.3 is 0 Å². The van der Waals surface area contributed by atoms with Crippen LogP contribution in [-0.2, 0) is 9.59 Å². The molecular formula is C26H53N7O4. The summed E-state index contributed by atoms with van der Waals surface area (Å²) in [6.07, 6.45) is 3.32. The number of nitrogens with one attached hydrogen (secondary N) is 7. The molecule has 0 aliphatic carbocycles. The molecule has 2 amide bonds. The van der Waals surface area contributed by atoms with Crippen molar-refractivity contribution in [2.24, 2.45) is 0 Å². The van der Waals surface area contributed by atoms with Crippen LogP contribution < -0.4 is 26.6 Å². The first kappa shape index (κ1) is 34.8. The lowest BCUT2D eigenvalue weighted by atomic mass is 10.0. The standard InChI is InChI=1S/C26H53N7O4/c1-6-26(4,5)32-18-17-30-22(28)12-10-8-7-9-11-21(27)29-15-16-31-25(37)24(36)20(34)13-14-23(35)33-19(2)3/h19-20,24,32,34,36H,6-18H2,1-5H3,(H2,27,29)(H2,28,30)(H,31,37)(H,33,35). The van der Waals surface area contributed by atoms with Crippen molar-refractivity contribution < 1.29 is 19.8 Å². The van der Waals surface area contributed by atoms with Gasteiger partial charge < -0.3 is 36.8 Å². The predicted octanol–water partition coefficient (Wildman–Crippen LogP) is 1.38. The van der Waals surface area contributed by atoms with E-state index in [-0.39, 0.29) is 36.9 Å². The second-order valence-corrected chi connectivity index (χ2v) is 10.5. The smallest absolute Gasteiger partial charge is 0.251 e. The molecule has 0 saturated carbocycles. The molecule has 0 spiro atoms. The molecule has 0 heterocycles. The molecule has 11 heteroatoms. The Labute approximate surface area is 223 Å². The minimum atomic E-state index is -1.60. The molecule has 0 bridgehead atoms. The molecule has 0 fully saturated rings. The van der Waals surface area contributed by atoms with Gasteiger partial charge in [-0.05, 0) is 53.4 Å². The Morgan fingerprint density at radius 2 is 1.32 bits per heavy atom. The molecule has 0 saturated heterocycles. The quantitative estimate of drug-likeness (QED) is 0.0613. The summed E-state index contributed by atoms with van der Waals surface area (Å²) in [6, 6.07) is -0.0108. The van der Waals surface area contributed by atoms with Gasteiger partial charge in [0, 0.05) is 57.0 Å². The summed E-state index contributed by atoms with van der Waals surface area (Å²) in [5.41, 5.74) is 0.126. The van der Waals surface area contributed by atoms with Crippen LogP contribution in [0.1, 0.15) is 92.4 Å². The van der Waals surface area contributed by atoms with Crippen molar-refractivity contribution in [3.63, 3.8) is 0 Å². The Bertz CT molecular complexity index is 686. The highest BCUT2D eigenvalue weighted by atomic mass is 16.3. The third kappa shape index (κ3) is 19.5. The van der Waals surface area contributed by atoms with E-state index in [0.29, 0.717) is 24.6 Å². The van der Waals surface area contributed by atoms with Crippen molar-refractivity contribution >= 4 is 23.5 Å². The molecule has 0 aliphatic rings. The monoisotopic (exact) mass is 527 g/mol. The fraction of sp³-hybridized carbons (Fsp3) is 0.846. The Hall–Kier alpha value is -2.24. The van der Waals surface area contributed by atoms with Crippen LogP contribution in [0.4, 0.5) is 0 Å². The minimum absolute atomic E-state index is 0.0108. The number of unbranched alkanes of at least 4 members (excludes halogenated alkanes) is 3. The maximum absolute atomic E-state index is 12.0. The average Bonchev–Trinajstić information content (AvgIpc) is 2.84. The van der Waals surface area contributed by atoms with Gasteiger partial charge in [0.1, 0.15) is 0 Å². The van der Waals surface area contributed by atoms with E-state index in [1.165, 1.54) is 0 Å². The molecule has 37 heavy (non-hydrogen) atoms. The fourth-order valence-electron chi connectivity index (χ4n) is 3.38. The highest BCUT2D eigenvalue weighted by molar-refractivity contribution is 5.82. The molecule has 11 nitrogen and oxygen atoms in total. The summed E-state index contributed by atoms with van der Waals surface area (Å²) in [5.74, 6) is 0.0204. The fourth-order valence-corrected chi connectivity index (χ4v) is 3.38. The Balaban J connectivity index is 3.75. The van der Waals surface area contributed by atoms with Crippen LogP contribution in [0.5, 0.6) is 0 Å². The normalized spacial score (nSPS) is 13.1. The third-order valence-electron chi connectivity index (χ3n) is 6.07. The lowest BCUT2D eigenvalue weighted by Crippen LogP contribution is -2.45. The van der Waals surface area contributed by atoms with E-state index < -0.39 is 18.1 Å². The minimum Gasteiger partial charge on any atom is -0.390 e. The Morgan fingerprint density at radius 3 is 1.84 bits per heavy atom. The summed E-state index contributed by atoms with van der Waals surface area (Å²) in [6.45, 7) is 12.3. The number of hydrogen-bond donors (Lipinski definition) is 9. The molecule has 0 aliphatic heterocycles. The molecule has 9 N–H and O–H groups in total. The number of carbonyl (C=O) groups excluding carboxylic acids is 2. The lowest BCUT2D eigenvalue weighted by Gasteiger charge is -2.24. The van der Waals surface area contributed by atoms with Crippen molar-refractivity contribution in [2.75, 3.05) is 26.2 Å². The van der Waals surface area contributed by atoms with E-state index in [0.717, 1.165) is 51.6 Å². The molecule has 2 atom stereocenters. The SMILES string of the molecule is CCC(C)(C)NCCNC(=N)CCCCCCC(=N)NCCNC(=O)C(O)C(O)CCC(=O)NC(C)C. The number of hydrogen-bond acceptors (Lipinski definition) is 7. The van der Waals surface area contributed by atoms with Gasteiger partial charge in [-0.1, -0.05) is 19.8 Å². The third-order valence-corrected chi connectivity index (χ3v) is 6.07. The number of amidine groups is 2. The zero-order valence-corrected chi connectivity index (χ0v) is 23.6. The van der Waals surface area contributed by atoms with Gasteiger partial charge in [-0.3, -0.25) is 20.4 Å². The van der Waals surface area contributed by atoms with Crippen LogP contribution >= 0.6 is 0 Å². The van der Waals surface area contributed by atoms with E-state index in [2.05, 4.69) is 47.4 Å². The molecule has 0 aromatic heterocycles. The maximum atomic E-state index is 12.0. The largest absolute Gasteiger partial charge is 0.390 e. The topological polar surface area (TPSA) is 182 Å². The molecule has 0 radical (unpaired) electrons. The number of aliphatic hydroxyl groups excluding tert-OH is 2. The van der Waals surface area contributed by atoms with E-state index in [1.807, 2.05) is 13.8 Å². The molecule has 2 unspecified atom stereocenters. The van der Waals surface area contributed by atoms with E-state index in [1.54, 1.807) is 0 Å². The van der Waals surface area contributed by atoms with Crippen LogP contribution in [0, 0.1) is 10.8 Å². The van der Waals surface area contributed by atoms with Crippen molar-refractivity contribution in [3.8, 4) is 0 Å². The van der Waals surface area contributed by atoms with E-state index in [9.17, 15) is 19.8 Å². The number of rotatable bonds is 21. The second kappa shape index (κ2) is 19.8. The summed E-state index contributed by atoms with van der Waals surface area (Å²) >= 11 is 0. The molecule has 216 valence electrons. The summed E-state index contributed by atoms with van der Waals surface area (Å²) in [5, 5.41) is 50.6. The molecular weight excluding hydrogens is 474 g/mol.